The first-order valence-corrected chi connectivity index (χ1v) is 9.42. The highest BCUT2D eigenvalue weighted by molar-refractivity contribution is 7.90. The second kappa shape index (κ2) is 6.10. The number of rotatable bonds is 3. The number of amidine groups is 1. The van der Waals surface area contributed by atoms with E-state index in [0.29, 0.717) is 5.69 Å². The zero-order valence-corrected chi connectivity index (χ0v) is 14.4. The lowest BCUT2D eigenvalue weighted by molar-refractivity contribution is -0.249. The molecule has 0 aliphatic carbocycles. The van der Waals surface area contributed by atoms with Gasteiger partial charge < -0.3 is 10.0 Å². The molecule has 9 heteroatoms. The lowest BCUT2D eigenvalue weighted by Gasteiger charge is -2.25. The summed E-state index contributed by atoms with van der Waals surface area (Å²) in [6.45, 7) is -0.788. The summed E-state index contributed by atoms with van der Waals surface area (Å²) in [6.07, 6.45) is -3.91. The SMILES string of the molecule is CS(=O)(=O)c1ccc(C2=NC(O)(C(F)(F)F)CN2c2ccccc2)cc1. The quantitative estimate of drug-likeness (QED) is 0.883. The van der Waals surface area contributed by atoms with Crippen LogP contribution in [-0.2, 0) is 9.84 Å². The number of hydrogen-bond acceptors (Lipinski definition) is 5. The molecule has 26 heavy (non-hydrogen) atoms. The topological polar surface area (TPSA) is 70.0 Å². The number of para-hydroxylation sites is 1. The smallest absolute Gasteiger partial charge is 0.361 e. The van der Waals surface area contributed by atoms with Crippen LogP contribution in [0.4, 0.5) is 18.9 Å². The maximum atomic E-state index is 13.3. The van der Waals surface area contributed by atoms with Crippen molar-refractivity contribution in [2.45, 2.75) is 16.8 Å². The number of anilines is 1. The van der Waals surface area contributed by atoms with Gasteiger partial charge in [-0.25, -0.2) is 13.4 Å². The van der Waals surface area contributed by atoms with Crippen LogP contribution < -0.4 is 4.90 Å². The Morgan fingerprint density at radius 1 is 1.08 bits per heavy atom. The highest BCUT2D eigenvalue weighted by Crippen LogP contribution is 2.38. The van der Waals surface area contributed by atoms with Crippen LogP contribution in [0.15, 0.2) is 64.5 Å². The van der Waals surface area contributed by atoms with Crippen molar-refractivity contribution in [3.8, 4) is 0 Å². The van der Waals surface area contributed by atoms with Crippen molar-refractivity contribution in [3.05, 3.63) is 60.2 Å². The zero-order chi connectivity index (χ0) is 19.2. The van der Waals surface area contributed by atoms with Gasteiger partial charge in [0.25, 0.3) is 5.72 Å². The van der Waals surface area contributed by atoms with Crippen LogP contribution in [0, 0.1) is 0 Å². The average molecular weight is 384 g/mol. The number of hydrogen-bond donors (Lipinski definition) is 1. The van der Waals surface area contributed by atoms with Crippen molar-refractivity contribution in [2.24, 2.45) is 4.99 Å². The van der Waals surface area contributed by atoms with E-state index in [9.17, 15) is 26.7 Å². The number of aliphatic imine (C=N–C) groups is 1. The molecular weight excluding hydrogens is 369 g/mol. The third kappa shape index (κ3) is 3.32. The molecule has 0 fully saturated rings. The van der Waals surface area contributed by atoms with Crippen LogP contribution in [0.2, 0.25) is 0 Å². The lowest BCUT2D eigenvalue weighted by Crippen LogP contribution is -2.47. The first-order valence-electron chi connectivity index (χ1n) is 7.53. The fraction of sp³-hybridized carbons (Fsp3) is 0.235. The van der Waals surface area contributed by atoms with Gasteiger partial charge in [0.1, 0.15) is 5.84 Å². The molecule has 0 radical (unpaired) electrons. The van der Waals surface area contributed by atoms with Gasteiger partial charge in [0, 0.05) is 17.5 Å². The highest BCUT2D eigenvalue weighted by Gasteiger charge is 2.58. The van der Waals surface area contributed by atoms with E-state index in [1.54, 1.807) is 30.3 Å². The predicted octanol–water partition coefficient (Wildman–Crippen LogP) is 2.61. The number of benzene rings is 2. The molecule has 2 aromatic carbocycles. The first kappa shape index (κ1) is 18.4. The molecule has 138 valence electrons. The number of sulfone groups is 1. The largest absolute Gasteiger partial charge is 0.440 e. The molecule has 0 saturated carbocycles. The molecule has 0 amide bonds. The summed E-state index contributed by atoms with van der Waals surface area (Å²) in [4.78, 5) is 4.83. The summed E-state index contributed by atoms with van der Waals surface area (Å²) in [5.41, 5.74) is -2.55. The summed E-state index contributed by atoms with van der Waals surface area (Å²) >= 11 is 0. The standard InChI is InChI=1S/C17H15F3N2O3S/c1-26(24,25)14-9-7-12(8-10-14)15-21-16(23,17(18,19)20)11-22(15)13-5-3-2-4-6-13/h2-10,23H,11H2,1H3. The van der Waals surface area contributed by atoms with E-state index in [4.69, 9.17) is 0 Å². The Kier molecular flexibility index (Phi) is 4.32. The molecule has 3 rings (SSSR count). The molecule has 0 bridgehead atoms. The van der Waals surface area contributed by atoms with Crippen molar-refractivity contribution >= 4 is 21.4 Å². The van der Waals surface area contributed by atoms with Crippen molar-refractivity contribution in [1.29, 1.82) is 0 Å². The Morgan fingerprint density at radius 2 is 1.65 bits per heavy atom. The summed E-state index contributed by atoms with van der Waals surface area (Å²) in [5.74, 6) is -0.0870. The zero-order valence-electron chi connectivity index (χ0n) is 13.6. The summed E-state index contributed by atoms with van der Waals surface area (Å²) in [5, 5.41) is 10.0. The molecular formula is C17H15F3N2O3S. The van der Waals surface area contributed by atoms with E-state index in [1.807, 2.05) is 0 Å². The van der Waals surface area contributed by atoms with Gasteiger partial charge in [-0.2, -0.15) is 13.2 Å². The van der Waals surface area contributed by atoms with Crippen molar-refractivity contribution in [3.63, 3.8) is 0 Å². The van der Waals surface area contributed by atoms with Gasteiger partial charge in [0.2, 0.25) is 0 Å². The van der Waals surface area contributed by atoms with Gasteiger partial charge in [0.05, 0.1) is 11.4 Å². The third-order valence-corrected chi connectivity index (χ3v) is 5.12. The Labute approximate surface area is 148 Å². The van der Waals surface area contributed by atoms with Crippen molar-refractivity contribution < 1.29 is 26.7 Å². The second-order valence-electron chi connectivity index (χ2n) is 5.97. The predicted molar refractivity (Wildman–Crippen MR) is 90.9 cm³/mol. The van der Waals surface area contributed by atoms with Crippen LogP contribution in [0.25, 0.3) is 0 Å². The van der Waals surface area contributed by atoms with Crippen LogP contribution in [-0.4, -0.2) is 44.1 Å². The Bertz CT molecular complexity index is 941. The maximum Gasteiger partial charge on any atom is 0.440 e. The van der Waals surface area contributed by atoms with Crippen molar-refractivity contribution in [2.75, 3.05) is 17.7 Å². The molecule has 0 spiro atoms. The van der Waals surface area contributed by atoms with Crippen LogP contribution in [0.3, 0.4) is 0 Å². The van der Waals surface area contributed by atoms with Crippen molar-refractivity contribution in [1.82, 2.24) is 0 Å². The lowest BCUT2D eigenvalue weighted by atomic mass is 10.1. The molecule has 1 unspecified atom stereocenters. The van der Waals surface area contributed by atoms with Gasteiger partial charge >= 0.3 is 6.18 Å². The normalized spacial score (nSPS) is 21.0. The van der Waals surface area contributed by atoms with Crippen LogP contribution in [0.5, 0.6) is 0 Å². The van der Waals surface area contributed by atoms with Crippen LogP contribution >= 0.6 is 0 Å². The number of β-amino-alcohol motifs (C(OH)–C–C–N with tert-alkyl or cyclic N) is 1. The minimum Gasteiger partial charge on any atom is -0.361 e. The van der Waals surface area contributed by atoms with Crippen LogP contribution in [0.1, 0.15) is 5.56 Å². The molecule has 1 N–H and O–H groups in total. The number of alkyl halides is 3. The minimum absolute atomic E-state index is 0.0391. The van der Waals surface area contributed by atoms with Gasteiger partial charge in [-0.3, -0.25) is 0 Å². The van der Waals surface area contributed by atoms with Gasteiger partial charge in [-0.15, -0.1) is 0 Å². The molecule has 0 saturated heterocycles. The first-order chi connectivity index (χ1) is 12.0. The molecule has 1 heterocycles. The fourth-order valence-corrected chi connectivity index (χ4v) is 3.24. The summed E-state index contributed by atoms with van der Waals surface area (Å²) in [6, 6.07) is 13.6. The maximum absolute atomic E-state index is 13.3. The van der Waals surface area contributed by atoms with E-state index in [2.05, 4.69) is 4.99 Å². The highest BCUT2D eigenvalue weighted by atomic mass is 32.2. The molecule has 1 atom stereocenters. The number of aliphatic hydroxyl groups is 1. The minimum atomic E-state index is -4.95. The Hall–Kier alpha value is -2.39. The second-order valence-corrected chi connectivity index (χ2v) is 7.98. The van der Waals surface area contributed by atoms with E-state index in [0.717, 1.165) is 6.26 Å². The van der Waals surface area contributed by atoms with E-state index in [-0.39, 0.29) is 16.3 Å². The molecule has 5 nitrogen and oxygen atoms in total. The number of nitrogens with zero attached hydrogens (tertiary/aromatic N) is 2. The van der Waals surface area contributed by atoms with Gasteiger partial charge in [-0.1, -0.05) is 18.2 Å². The number of halogens is 3. The van der Waals surface area contributed by atoms with E-state index >= 15 is 0 Å². The monoisotopic (exact) mass is 384 g/mol. The Balaban J connectivity index is 2.09. The Morgan fingerprint density at radius 3 is 2.15 bits per heavy atom. The molecule has 1 aliphatic heterocycles. The fourth-order valence-electron chi connectivity index (χ4n) is 2.61. The molecule has 0 aromatic heterocycles. The molecule has 2 aromatic rings. The van der Waals surface area contributed by atoms with E-state index in [1.165, 1.54) is 29.2 Å². The van der Waals surface area contributed by atoms with Gasteiger partial charge in [0.15, 0.2) is 9.84 Å². The summed E-state index contributed by atoms with van der Waals surface area (Å²) < 4.78 is 63.0. The van der Waals surface area contributed by atoms with E-state index < -0.39 is 28.3 Å². The molecule has 1 aliphatic rings. The van der Waals surface area contributed by atoms with Gasteiger partial charge in [-0.05, 0) is 36.4 Å². The third-order valence-electron chi connectivity index (χ3n) is 3.99. The average Bonchev–Trinajstić information content (AvgIpc) is 2.94. The summed E-state index contributed by atoms with van der Waals surface area (Å²) in [7, 11) is -3.44.